The minimum Gasteiger partial charge on any atom is -0.383 e. The van der Waals surface area contributed by atoms with Crippen LogP contribution in [0.5, 0.6) is 0 Å². The Labute approximate surface area is 115 Å². The van der Waals surface area contributed by atoms with Crippen LogP contribution in [0.1, 0.15) is 24.8 Å². The molecule has 0 radical (unpaired) electrons. The highest BCUT2D eigenvalue weighted by Crippen LogP contribution is 2.39. The second-order valence-electron chi connectivity index (χ2n) is 5.68. The summed E-state index contributed by atoms with van der Waals surface area (Å²) in [5.74, 6) is 2.08. The minimum absolute atomic E-state index is 0.752. The molecule has 2 heterocycles. The molecule has 2 bridgehead atoms. The number of fused-ring (bicyclic) bond motifs is 2. The van der Waals surface area contributed by atoms with E-state index in [1.807, 2.05) is 6.20 Å². The van der Waals surface area contributed by atoms with Gasteiger partial charge in [0.25, 0.3) is 0 Å². The molecule has 1 aromatic heterocycles. The van der Waals surface area contributed by atoms with Gasteiger partial charge in [-0.3, -0.25) is 0 Å². The predicted octanol–water partition coefficient (Wildman–Crippen LogP) is 1.81. The summed E-state index contributed by atoms with van der Waals surface area (Å²) in [7, 11) is 1.72. The number of pyridine rings is 1. The Balaban J connectivity index is 1.54. The summed E-state index contributed by atoms with van der Waals surface area (Å²) >= 11 is 0. The van der Waals surface area contributed by atoms with E-state index in [1.54, 1.807) is 7.11 Å². The predicted molar refractivity (Wildman–Crippen MR) is 76.3 cm³/mol. The summed E-state index contributed by atoms with van der Waals surface area (Å²) < 4.78 is 5.01. The maximum atomic E-state index is 5.01. The quantitative estimate of drug-likeness (QED) is 0.793. The van der Waals surface area contributed by atoms with E-state index in [1.165, 1.54) is 31.4 Å². The Hall–Kier alpha value is -1.13. The van der Waals surface area contributed by atoms with Gasteiger partial charge >= 0.3 is 0 Å². The number of hydrogen-bond acceptors (Lipinski definition) is 4. The summed E-state index contributed by atoms with van der Waals surface area (Å²) in [4.78, 5) is 7.13. The van der Waals surface area contributed by atoms with Gasteiger partial charge in [-0.25, -0.2) is 4.98 Å². The summed E-state index contributed by atoms with van der Waals surface area (Å²) in [6.45, 7) is 3.71. The van der Waals surface area contributed by atoms with Crippen molar-refractivity contribution in [1.82, 2.24) is 10.3 Å². The van der Waals surface area contributed by atoms with E-state index in [0.29, 0.717) is 0 Å². The van der Waals surface area contributed by atoms with Gasteiger partial charge in [0.1, 0.15) is 5.82 Å². The first-order valence-electron chi connectivity index (χ1n) is 7.28. The highest BCUT2D eigenvalue weighted by Gasteiger charge is 2.38. The van der Waals surface area contributed by atoms with Crippen molar-refractivity contribution in [3.8, 4) is 0 Å². The zero-order chi connectivity index (χ0) is 13.1. The van der Waals surface area contributed by atoms with Crippen LogP contribution in [0.3, 0.4) is 0 Å². The molecule has 1 saturated heterocycles. The topological polar surface area (TPSA) is 37.4 Å². The van der Waals surface area contributed by atoms with Crippen LogP contribution in [0.25, 0.3) is 0 Å². The molecule has 4 heteroatoms. The molecule has 0 spiro atoms. The molecular formula is C15H23N3O. The largest absolute Gasteiger partial charge is 0.383 e. The SMILES string of the molecule is COCCNCc1ccc(N2CC3CCC2C3)nc1. The highest BCUT2D eigenvalue weighted by atomic mass is 16.5. The van der Waals surface area contributed by atoms with E-state index in [4.69, 9.17) is 4.74 Å². The number of ether oxygens (including phenoxy) is 1. The maximum Gasteiger partial charge on any atom is 0.128 e. The van der Waals surface area contributed by atoms with Crippen molar-refractivity contribution in [2.75, 3.05) is 31.7 Å². The molecule has 1 aliphatic carbocycles. The Bertz CT molecular complexity index is 406. The number of methoxy groups -OCH3 is 1. The minimum atomic E-state index is 0.752. The third-order valence-corrected chi connectivity index (χ3v) is 4.32. The van der Waals surface area contributed by atoms with Crippen LogP contribution < -0.4 is 10.2 Å². The van der Waals surface area contributed by atoms with Gasteiger partial charge in [0.05, 0.1) is 6.61 Å². The molecule has 2 aliphatic rings. The van der Waals surface area contributed by atoms with Gasteiger partial charge in [-0.1, -0.05) is 6.07 Å². The van der Waals surface area contributed by atoms with Crippen LogP contribution >= 0.6 is 0 Å². The van der Waals surface area contributed by atoms with Crippen molar-refractivity contribution in [2.24, 2.45) is 5.92 Å². The van der Waals surface area contributed by atoms with Crippen molar-refractivity contribution in [2.45, 2.75) is 31.8 Å². The molecule has 4 nitrogen and oxygen atoms in total. The lowest BCUT2D eigenvalue weighted by molar-refractivity contribution is 0.199. The average Bonchev–Trinajstić information content (AvgIpc) is 3.07. The number of hydrogen-bond donors (Lipinski definition) is 1. The molecule has 3 rings (SSSR count). The third kappa shape index (κ3) is 2.90. The second kappa shape index (κ2) is 5.88. The van der Waals surface area contributed by atoms with Crippen molar-refractivity contribution in [3.05, 3.63) is 23.9 Å². The van der Waals surface area contributed by atoms with Crippen LogP contribution in [0.4, 0.5) is 5.82 Å². The van der Waals surface area contributed by atoms with Gasteiger partial charge in [-0.2, -0.15) is 0 Å². The number of rotatable bonds is 6. The molecule has 2 atom stereocenters. The van der Waals surface area contributed by atoms with E-state index < -0.39 is 0 Å². The van der Waals surface area contributed by atoms with Crippen LogP contribution in [0, 0.1) is 5.92 Å². The van der Waals surface area contributed by atoms with Gasteiger partial charge in [-0.15, -0.1) is 0 Å². The van der Waals surface area contributed by atoms with E-state index in [9.17, 15) is 0 Å². The molecule has 104 valence electrons. The average molecular weight is 261 g/mol. The first-order chi connectivity index (χ1) is 9.36. The number of nitrogens with one attached hydrogen (secondary N) is 1. The Morgan fingerprint density at radius 1 is 1.42 bits per heavy atom. The monoisotopic (exact) mass is 261 g/mol. The summed E-state index contributed by atoms with van der Waals surface area (Å²) in [5, 5.41) is 3.34. The lowest BCUT2D eigenvalue weighted by Crippen LogP contribution is -2.32. The Morgan fingerprint density at radius 3 is 3.00 bits per heavy atom. The smallest absolute Gasteiger partial charge is 0.128 e. The lowest BCUT2D eigenvalue weighted by Gasteiger charge is -2.28. The fraction of sp³-hybridized carbons (Fsp3) is 0.667. The molecular weight excluding hydrogens is 238 g/mol. The molecule has 2 unspecified atom stereocenters. The van der Waals surface area contributed by atoms with Crippen molar-refractivity contribution in [1.29, 1.82) is 0 Å². The van der Waals surface area contributed by atoms with E-state index >= 15 is 0 Å². The molecule has 1 N–H and O–H groups in total. The van der Waals surface area contributed by atoms with Gasteiger partial charge in [0.2, 0.25) is 0 Å². The third-order valence-electron chi connectivity index (χ3n) is 4.32. The fourth-order valence-corrected chi connectivity index (χ4v) is 3.30. The highest BCUT2D eigenvalue weighted by molar-refractivity contribution is 5.43. The van der Waals surface area contributed by atoms with Crippen LogP contribution in [-0.2, 0) is 11.3 Å². The van der Waals surface area contributed by atoms with Gasteiger partial charge in [-0.05, 0) is 36.8 Å². The number of aromatic nitrogens is 1. The molecule has 2 fully saturated rings. The van der Waals surface area contributed by atoms with Crippen molar-refractivity contribution in [3.63, 3.8) is 0 Å². The second-order valence-corrected chi connectivity index (χ2v) is 5.68. The van der Waals surface area contributed by atoms with Crippen molar-refractivity contribution < 1.29 is 4.74 Å². The standard InChI is InChI=1S/C15H23N3O/c1-19-7-6-16-9-13-3-5-15(17-10-13)18-11-12-2-4-14(18)8-12/h3,5,10,12,14,16H,2,4,6-9,11H2,1H3. The molecule has 0 aromatic carbocycles. The van der Waals surface area contributed by atoms with Gasteiger partial charge in [0.15, 0.2) is 0 Å². The maximum absolute atomic E-state index is 5.01. The zero-order valence-corrected chi connectivity index (χ0v) is 11.6. The number of anilines is 1. The van der Waals surface area contributed by atoms with E-state index in [-0.39, 0.29) is 0 Å². The first kappa shape index (κ1) is 12.9. The zero-order valence-electron chi connectivity index (χ0n) is 11.6. The molecule has 1 aliphatic heterocycles. The summed E-state index contributed by atoms with van der Waals surface area (Å²) in [6.07, 6.45) is 6.15. The molecule has 1 saturated carbocycles. The van der Waals surface area contributed by atoms with Crippen LogP contribution in [0.2, 0.25) is 0 Å². The fourth-order valence-electron chi connectivity index (χ4n) is 3.30. The first-order valence-corrected chi connectivity index (χ1v) is 7.28. The van der Waals surface area contributed by atoms with E-state index in [2.05, 4.69) is 27.3 Å². The van der Waals surface area contributed by atoms with E-state index in [0.717, 1.165) is 37.5 Å². The molecule has 1 aromatic rings. The number of piperidine rings is 1. The van der Waals surface area contributed by atoms with Crippen LogP contribution in [-0.4, -0.2) is 37.8 Å². The summed E-state index contributed by atoms with van der Waals surface area (Å²) in [6, 6.07) is 5.12. The lowest BCUT2D eigenvalue weighted by atomic mass is 10.1. The van der Waals surface area contributed by atoms with Crippen LogP contribution in [0.15, 0.2) is 18.3 Å². The van der Waals surface area contributed by atoms with Crippen molar-refractivity contribution >= 4 is 5.82 Å². The Kier molecular flexibility index (Phi) is 3.99. The molecule has 0 amide bonds. The van der Waals surface area contributed by atoms with Gasteiger partial charge < -0.3 is 15.0 Å². The summed E-state index contributed by atoms with van der Waals surface area (Å²) in [5.41, 5.74) is 1.24. The normalized spacial score (nSPS) is 25.2. The van der Waals surface area contributed by atoms with Gasteiger partial charge in [0, 0.05) is 39.0 Å². The Morgan fingerprint density at radius 2 is 2.37 bits per heavy atom. The number of nitrogens with zero attached hydrogens (tertiary/aromatic N) is 2. The molecule has 19 heavy (non-hydrogen) atoms.